The Bertz CT molecular complexity index is 1630. The zero-order chi connectivity index (χ0) is 24.4. The van der Waals surface area contributed by atoms with E-state index in [1.165, 1.54) is 0 Å². The number of hydrogen-bond donors (Lipinski definition) is 1. The number of fused-ring (bicyclic) bond motifs is 8. The van der Waals surface area contributed by atoms with Crippen molar-refractivity contribution < 1.29 is 0 Å². The fraction of sp³-hybridized carbons (Fsp3) is 0.0968. The second-order valence-electron chi connectivity index (χ2n) is 8.45. The largest absolute Gasteiger partial charge is 0.355 e. The Kier molecular flexibility index (Phi) is 5.91. The van der Waals surface area contributed by atoms with Crippen molar-refractivity contribution in [1.29, 1.82) is 0 Å². The van der Waals surface area contributed by atoms with Gasteiger partial charge in [-0.1, -0.05) is 24.1 Å². The topological polar surface area (TPSA) is 46.5 Å². The van der Waals surface area contributed by atoms with Crippen LogP contribution in [-0.2, 0) is 19.4 Å². The summed E-state index contributed by atoms with van der Waals surface area (Å²) < 4.78 is 2.22. The first-order valence-electron chi connectivity index (χ1n) is 11.6. The Morgan fingerprint density at radius 1 is 0.829 bits per heavy atom. The van der Waals surface area contributed by atoms with Crippen molar-refractivity contribution in [1.82, 2.24) is 19.5 Å². The van der Waals surface area contributed by atoms with Gasteiger partial charge in [-0.05, 0) is 73.0 Å². The quantitative estimate of drug-likeness (QED) is 0.228. The number of H-pyrrole nitrogens is 1. The first kappa shape index (κ1) is 22.2. The molecule has 3 aromatic rings. The predicted molar refractivity (Wildman–Crippen MR) is 148 cm³/mol. The van der Waals surface area contributed by atoms with Crippen molar-refractivity contribution in [3.8, 4) is 12.3 Å². The number of terminal acetylenes is 1. The highest BCUT2D eigenvalue weighted by Crippen LogP contribution is 2.31. The third-order valence-electron chi connectivity index (χ3n) is 6.12. The highest BCUT2D eigenvalue weighted by atomic mass is 15.0. The summed E-state index contributed by atoms with van der Waals surface area (Å²) in [6, 6.07) is 10.2. The number of aromatic nitrogens is 4. The Labute approximate surface area is 205 Å². The lowest BCUT2D eigenvalue weighted by molar-refractivity contribution is 0.888. The maximum Gasteiger partial charge on any atom is 0.0693 e. The second kappa shape index (κ2) is 9.32. The molecule has 2 aliphatic heterocycles. The van der Waals surface area contributed by atoms with Crippen molar-refractivity contribution in [2.75, 3.05) is 0 Å². The molecule has 0 unspecified atom stereocenters. The first-order chi connectivity index (χ1) is 17.1. The van der Waals surface area contributed by atoms with E-state index in [9.17, 15) is 0 Å². The van der Waals surface area contributed by atoms with Crippen LogP contribution in [0, 0.1) is 12.3 Å². The maximum absolute atomic E-state index is 6.11. The van der Waals surface area contributed by atoms with E-state index < -0.39 is 0 Å². The molecular weight excluding hydrogens is 428 g/mol. The van der Waals surface area contributed by atoms with Crippen molar-refractivity contribution in [3.63, 3.8) is 0 Å². The summed E-state index contributed by atoms with van der Waals surface area (Å²) in [6.45, 7) is 12.6. The van der Waals surface area contributed by atoms with Crippen LogP contribution in [0.2, 0.25) is 0 Å². The number of aromatic amines is 1. The summed E-state index contributed by atoms with van der Waals surface area (Å²) >= 11 is 0. The van der Waals surface area contributed by atoms with Gasteiger partial charge in [0.1, 0.15) is 0 Å². The molecule has 2 aliphatic rings. The van der Waals surface area contributed by atoms with E-state index in [1.54, 1.807) is 0 Å². The molecule has 0 radical (unpaired) electrons. The highest BCUT2D eigenvalue weighted by molar-refractivity contribution is 5.85. The van der Waals surface area contributed by atoms with Gasteiger partial charge in [0, 0.05) is 23.1 Å². The van der Waals surface area contributed by atoms with Gasteiger partial charge >= 0.3 is 0 Å². The lowest BCUT2D eigenvalue weighted by Crippen LogP contribution is -2.00. The molecule has 0 fully saturated rings. The molecule has 0 aliphatic carbocycles. The molecule has 0 aromatic carbocycles. The molecular formula is C31H26N4. The summed E-state index contributed by atoms with van der Waals surface area (Å²) in [5.74, 6) is 2.96. The number of hydrogen-bond acceptors (Lipinski definition) is 2. The fourth-order valence-electron chi connectivity index (χ4n) is 4.71. The molecule has 0 spiro atoms. The van der Waals surface area contributed by atoms with Gasteiger partial charge in [0.15, 0.2) is 0 Å². The average molecular weight is 455 g/mol. The molecule has 0 saturated carbocycles. The van der Waals surface area contributed by atoms with E-state index in [-0.39, 0.29) is 0 Å². The third-order valence-corrected chi connectivity index (χ3v) is 6.12. The second-order valence-corrected chi connectivity index (χ2v) is 8.45. The van der Waals surface area contributed by atoms with Crippen molar-refractivity contribution in [2.24, 2.45) is 0 Å². The van der Waals surface area contributed by atoms with Crippen LogP contribution in [0.5, 0.6) is 0 Å². The highest BCUT2D eigenvalue weighted by Gasteiger charge is 2.19. The normalized spacial score (nSPS) is 11.9. The predicted octanol–water partition coefficient (Wildman–Crippen LogP) is 6.75. The Balaban J connectivity index is 2.04. The molecule has 35 heavy (non-hydrogen) atoms. The third kappa shape index (κ3) is 4.09. The van der Waals surface area contributed by atoms with Gasteiger partial charge < -0.3 is 9.55 Å². The monoisotopic (exact) mass is 454 g/mol. The number of rotatable bonds is 6. The average Bonchev–Trinajstić information content (AvgIpc) is 3.63. The molecule has 4 nitrogen and oxygen atoms in total. The van der Waals surface area contributed by atoms with Gasteiger partial charge in [-0.2, -0.15) is 0 Å². The van der Waals surface area contributed by atoms with Gasteiger partial charge in [0.05, 0.1) is 39.4 Å². The van der Waals surface area contributed by atoms with Gasteiger partial charge in [-0.15, -0.1) is 26.2 Å². The van der Waals surface area contributed by atoms with Crippen molar-refractivity contribution >= 4 is 46.4 Å². The van der Waals surface area contributed by atoms with Gasteiger partial charge in [-0.3, -0.25) is 0 Å². The smallest absolute Gasteiger partial charge is 0.0693 e. The SMILES string of the molecule is C#Cc1c(CC=C)c2c(CC=C)c3nc(cc4ccc(cc5nc(cc1n2CC=C)C=C5)[nH]4)C=C3. The summed E-state index contributed by atoms with van der Waals surface area (Å²) in [5.41, 5.74) is 10.4. The molecule has 1 N–H and O–H groups in total. The summed E-state index contributed by atoms with van der Waals surface area (Å²) in [5, 5.41) is 0. The van der Waals surface area contributed by atoms with Crippen LogP contribution in [0.15, 0.2) is 68.3 Å². The van der Waals surface area contributed by atoms with Crippen LogP contribution in [0.3, 0.4) is 0 Å². The van der Waals surface area contributed by atoms with Gasteiger partial charge in [0.2, 0.25) is 0 Å². The van der Waals surface area contributed by atoms with Crippen LogP contribution >= 0.6 is 0 Å². The standard InChI is InChI=1S/C31H26N4/c1-5-9-27-26(8-4)30-20-25-14-13-22(33-25)18-21-11-12-23(32-21)19-24-15-16-29(34-24)28(10-6-2)31(27)35(30)17-7-3/h4-7,11-16,18-20,32H,1-3,9-10,17H2. The van der Waals surface area contributed by atoms with E-state index in [0.717, 1.165) is 61.5 Å². The minimum atomic E-state index is 0.594. The Morgan fingerprint density at radius 2 is 1.46 bits per heavy atom. The lowest BCUT2D eigenvalue weighted by Gasteiger charge is -2.09. The van der Waals surface area contributed by atoms with Gasteiger partial charge in [0.25, 0.3) is 0 Å². The molecule has 0 saturated heterocycles. The summed E-state index contributed by atoms with van der Waals surface area (Å²) in [4.78, 5) is 13.2. The molecule has 5 rings (SSSR count). The molecule has 4 heteroatoms. The minimum Gasteiger partial charge on any atom is -0.355 e. The van der Waals surface area contributed by atoms with Crippen LogP contribution < -0.4 is 0 Å². The van der Waals surface area contributed by atoms with Crippen molar-refractivity contribution in [2.45, 2.75) is 19.4 Å². The zero-order valence-corrected chi connectivity index (χ0v) is 19.6. The maximum atomic E-state index is 6.11. The molecule has 0 amide bonds. The molecule has 170 valence electrons. The van der Waals surface area contributed by atoms with E-state index in [2.05, 4.69) is 47.4 Å². The van der Waals surface area contributed by atoms with E-state index >= 15 is 0 Å². The first-order valence-corrected chi connectivity index (χ1v) is 11.6. The van der Waals surface area contributed by atoms with Crippen LogP contribution in [0.4, 0.5) is 0 Å². The number of allylic oxidation sites excluding steroid dienone is 3. The number of nitrogens with zero attached hydrogens (tertiary/aromatic N) is 3. The van der Waals surface area contributed by atoms with E-state index in [4.69, 9.17) is 16.4 Å². The molecule has 3 aromatic heterocycles. The van der Waals surface area contributed by atoms with Crippen LogP contribution in [0.25, 0.3) is 46.4 Å². The fourth-order valence-corrected chi connectivity index (χ4v) is 4.71. The molecule has 0 atom stereocenters. The van der Waals surface area contributed by atoms with Crippen LogP contribution in [-0.4, -0.2) is 19.5 Å². The van der Waals surface area contributed by atoms with E-state index in [1.807, 2.05) is 60.7 Å². The summed E-state index contributed by atoms with van der Waals surface area (Å²) in [7, 11) is 0. The van der Waals surface area contributed by atoms with Gasteiger partial charge in [-0.25, -0.2) is 9.97 Å². The van der Waals surface area contributed by atoms with Crippen molar-refractivity contribution in [3.05, 3.63) is 108 Å². The van der Waals surface area contributed by atoms with E-state index in [0.29, 0.717) is 19.4 Å². The zero-order valence-electron chi connectivity index (χ0n) is 19.6. The minimum absolute atomic E-state index is 0.594. The lowest BCUT2D eigenvalue weighted by atomic mass is 10.0. The molecule has 5 heterocycles. The summed E-state index contributed by atoms with van der Waals surface area (Å²) in [6.07, 6.45) is 21.2. The Hall–Kier alpha value is -4.62. The Morgan fingerprint density at radius 3 is 2.11 bits per heavy atom. The number of nitrogens with one attached hydrogen (secondary N) is 1. The molecule has 8 bridgehead atoms. The van der Waals surface area contributed by atoms with Crippen LogP contribution in [0.1, 0.15) is 39.5 Å².